The molecular formula is C71H76F4N14O11. The molecule has 0 bridgehead atoms. The van der Waals surface area contributed by atoms with Crippen LogP contribution in [0.3, 0.4) is 0 Å². The number of nitrogens with zero attached hydrogens (tertiary/aromatic N) is 14. The number of halogens is 4. The highest BCUT2D eigenvalue weighted by molar-refractivity contribution is 5.96. The first-order valence-electron chi connectivity index (χ1n) is 33.3. The van der Waals surface area contributed by atoms with Crippen molar-refractivity contribution in [2.45, 2.75) is 89.1 Å². The molecule has 0 N–H and O–H groups in total. The molecule has 8 heterocycles. The molecule has 6 aromatic carbocycles. The molecule has 524 valence electrons. The van der Waals surface area contributed by atoms with Crippen LogP contribution in [0.2, 0.25) is 0 Å². The van der Waals surface area contributed by atoms with Gasteiger partial charge in [-0.1, -0.05) is 12.1 Å². The zero-order valence-electron chi connectivity index (χ0n) is 55.6. The van der Waals surface area contributed by atoms with E-state index in [9.17, 15) is 23.2 Å². The molecule has 6 atom stereocenters. The van der Waals surface area contributed by atoms with E-state index in [1.54, 1.807) is 9.80 Å². The minimum absolute atomic E-state index is 0.0113. The van der Waals surface area contributed by atoms with E-state index in [1.807, 2.05) is 125 Å². The summed E-state index contributed by atoms with van der Waals surface area (Å²) in [5.74, 6) is -1.71. The van der Waals surface area contributed by atoms with Crippen LogP contribution in [0.5, 0.6) is 11.5 Å². The van der Waals surface area contributed by atoms with Gasteiger partial charge in [0.1, 0.15) is 84.5 Å². The van der Waals surface area contributed by atoms with Gasteiger partial charge in [0.05, 0.1) is 39.4 Å². The Labute approximate surface area is 574 Å². The van der Waals surface area contributed by atoms with Gasteiger partial charge in [0.2, 0.25) is 12.5 Å². The summed E-state index contributed by atoms with van der Waals surface area (Å²) in [6.45, 7) is 13.7. The van der Waals surface area contributed by atoms with Gasteiger partial charge in [-0.25, -0.2) is 51.3 Å². The van der Waals surface area contributed by atoms with Crippen molar-refractivity contribution in [3.63, 3.8) is 0 Å². The largest absolute Gasteiger partial charge is 0.512 e. The second kappa shape index (κ2) is 28.5. The average Bonchev–Trinajstić information content (AvgIpc) is 1.76. The number of carbonyl (C=O) groups is 3. The van der Waals surface area contributed by atoms with Gasteiger partial charge in [0.25, 0.3) is 0 Å². The van der Waals surface area contributed by atoms with Gasteiger partial charge in [-0.05, 0) is 137 Å². The Morgan fingerprint density at radius 3 is 1.15 bits per heavy atom. The Balaban J connectivity index is 0.524. The topological polar surface area (TPSA) is 212 Å². The lowest BCUT2D eigenvalue weighted by Crippen LogP contribution is -2.46. The van der Waals surface area contributed by atoms with Gasteiger partial charge in [-0.3, -0.25) is 19.6 Å². The predicted molar refractivity (Wildman–Crippen MR) is 358 cm³/mol. The number of hydrogen-bond acceptors (Lipinski definition) is 19. The molecule has 2 unspecified atom stereocenters. The fraction of sp³-hybridized carbons (Fsp3) is 0.394. The van der Waals surface area contributed by atoms with Gasteiger partial charge < -0.3 is 57.5 Å². The fourth-order valence-corrected chi connectivity index (χ4v) is 13.9. The molecule has 6 fully saturated rings. The van der Waals surface area contributed by atoms with Crippen molar-refractivity contribution < 1.29 is 69.8 Å². The van der Waals surface area contributed by atoms with Crippen LogP contribution in [0, 0.1) is 23.3 Å². The molecule has 6 aliphatic rings. The number of anilines is 6. The maximum absolute atomic E-state index is 15.1. The highest BCUT2D eigenvalue weighted by Gasteiger charge is 2.49. The first kappa shape index (κ1) is 67.0. The Morgan fingerprint density at radius 2 is 0.830 bits per heavy atom. The summed E-state index contributed by atoms with van der Waals surface area (Å²) in [5.41, 5.74) is 3.05. The third-order valence-electron chi connectivity index (χ3n) is 18.9. The van der Waals surface area contributed by atoms with Gasteiger partial charge in [0.15, 0.2) is 12.6 Å². The van der Waals surface area contributed by atoms with Crippen molar-refractivity contribution in [1.29, 1.82) is 0 Å². The van der Waals surface area contributed by atoms with Gasteiger partial charge >= 0.3 is 18.2 Å². The molecule has 0 spiro atoms. The smallest absolute Gasteiger partial charge is 0.488 e. The lowest BCUT2D eigenvalue weighted by molar-refractivity contribution is -0.117. The monoisotopic (exact) mass is 1380 g/mol. The molecule has 0 aliphatic carbocycles. The molecule has 4 amide bonds. The summed E-state index contributed by atoms with van der Waals surface area (Å²) in [5, 5.41) is 8.31. The standard InChI is InChI=1S/C71H76F4N14O11/c1-47(2)88-63(35-86(67(88)90)55-11-7-51(8-12-55)80-25-29-82(30-26-80)53-15-19-57(20-16-53)93-37-65-95-41-70(99-65,39-84-45-76-43-78-84)59-23-5-49(72)33-61(59)74)97-69(92)98-64-36-87(68(91)89(64)48(3)4)56-13-9-52(10-14-56)81-27-31-83(32-28-81)54-17-21-58(22-18-54)94-38-66-96-42-71(100-66,40-85-46-77-44-79-85)60-24-6-50(73)34-62(60)75/h5-24,33-34,43-48,63-66H,25-32,35-42H2,1-4H3/t63?,64?,65-,66-,70+,71+/m0/s1. The normalized spacial score (nSPS) is 22.7. The first-order valence-corrected chi connectivity index (χ1v) is 33.3. The van der Waals surface area contributed by atoms with E-state index in [1.165, 1.54) is 68.7 Å². The Kier molecular flexibility index (Phi) is 19.1. The van der Waals surface area contributed by atoms with Gasteiger partial charge in [-0.2, -0.15) is 10.2 Å². The second-order valence-corrected chi connectivity index (χ2v) is 25.9. The lowest BCUT2D eigenvalue weighted by Gasteiger charge is -2.37. The highest BCUT2D eigenvalue weighted by atomic mass is 19.1. The third kappa shape index (κ3) is 14.2. The number of benzene rings is 6. The average molecular weight is 1380 g/mol. The van der Waals surface area contributed by atoms with Crippen LogP contribution >= 0.6 is 0 Å². The molecule has 14 rings (SSSR count). The van der Waals surface area contributed by atoms with E-state index >= 15 is 8.78 Å². The molecule has 29 heteroatoms. The number of hydrogen-bond donors (Lipinski definition) is 0. The van der Waals surface area contributed by atoms with E-state index < -0.39 is 65.7 Å². The number of ether oxygens (including phenoxy) is 8. The van der Waals surface area contributed by atoms with Crippen LogP contribution < -0.4 is 38.9 Å². The van der Waals surface area contributed by atoms with Crippen LogP contribution in [0.4, 0.5) is 66.1 Å². The fourth-order valence-electron chi connectivity index (χ4n) is 13.9. The van der Waals surface area contributed by atoms with Crippen LogP contribution in [0.1, 0.15) is 38.8 Å². The maximum Gasteiger partial charge on any atom is 0.512 e. The number of piperazine rings is 2. The SMILES string of the molecule is CC(C)N1C(=O)N(c2ccc(N3CCN(c4ccc(OC[C@H]5OC[C@](Cn6cncn6)(c6ccc(F)cc6F)O5)cc4)CC3)cc2)CC1OC(=O)OC1CN(c2ccc(N3CCN(c4ccc(OC[C@H]5OC[C@](Cn6cncn6)(c6ccc(F)cc6F)O5)cc4)CC3)cc2)C(=O)N1C(C)C. The summed E-state index contributed by atoms with van der Waals surface area (Å²) >= 11 is 0. The zero-order valence-corrected chi connectivity index (χ0v) is 55.6. The predicted octanol–water partition coefficient (Wildman–Crippen LogP) is 9.58. The Bertz CT molecular complexity index is 3870. The Morgan fingerprint density at radius 1 is 0.490 bits per heavy atom. The van der Waals surface area contributed by atoms with Crippen LogP contribution in [0.15, 0.2) is 159 Å². The minimum Gasteiger partial charge on any atom is -0.488 e. The number of amides is 4. The van der Waals surface area contributed by atoms with E-state index in [0.717, 1.165) is 87.2 Å². The quantitative estimate of drug-likeness (QED) is 0.0456. The van der Waals surface area contributed by atoms with Gasteiger partial charge in [-0.15, -0.1) is 0 Å². The van der Waals surface area contributed by atoms with Crippen LogP contribution in [-0.4, -0.2) is 187 Å². The molecule has 2 aromatic heterocycles. The Hall–Kier alpha value is -10.2. The van der Waals surface area contributed by atoms with E-state index in [0.29, 0.717) is 22.9 Å². The summed E-state index contributed by atoms with van der Waals surface area (Å²) in [6.07, 6.45) is 1.11. The molecule has 0 radical (unpaired) electrons. The van der Waals surface area contributed by atoms with Crippen LogP contribution in [-0.2, 0) is 52.7 Å². The zero-order chi connectivity index (χ0) is 69.2. The number of urea groups is 2. The summed E-state index contributed by atoms with van der Waals surface area (Å²) in [6, 6.07) is 36.5. The molecule has 8 aromatic rings. The van der Waals surface area contributed by atoms with E-state index in [-0.39, 0.29) is 87.9 Å². The summed E-state index contributed by atoms with van der Waals surface area (Å²) in [4.78, 5) is 65.3. The first-order chi connectivity index (χ1) is 48.4. The van der Waals surface area contributed by atoms with Gasteiger partial charge in [0, 0.05) is 122 Å². The van der Waals surface area contributed by atoms with Crippen molar-refractivity contribution in [3.8, 4) is 11.5 Å². The van der Waals surface area contributed by atoms with Crippen LogP contribution in [0.25, 0.3) is 0 Å². The van der Waals surface area contributed by atoms with E-state index in [4.69, 9.17) is 37.9 Å². The number of rotatable bonds is 22. The van der Waals surface area contributed by atoms with E-state index in [2.05, 4.69) is 39.8 Å². The molecule has 100 heavy (non-hydrogen) atoms. The lowest BCUT2D eigenvalue weighted by atomic mass is 9.94. The van der Waals surface area contributed by atoms with Crippen molar-refractivity contribution in [2.75, 3.05) is 121 Å². The highest BCUT2D eigenvalue weighted by Crippen LogP contribution is 2.40. The maximum atomic E-state index is 15.1. The van der Waals surface area contributed by atoms with Crippen molar-refractivity contribution >= 4 is 52.3 Å². The van der Waals surface area contributed by atoms with Crippen molar-refractivity contribution in [2.24, 2.45) is 0 Å². The van der Waals surface area contributed by atoms with Crippen molar-refractivity contribution in [3.05, 3.63) is 193 Å². The summed E-state index contributed by atoms with van der Waals surface area (Å²) < 4.78 is 110. The summed E-state index contributed by atoms with van der Waals surface area (Å²) in [7, 11) is 0. The third-order valence-corrected chi connectivity index (χ3v) is 18.9. The minimum atomic E-state index is -1.29. The number of aromatic nitrogens is 6. The molecule has 25 nitrogen and oxygen atoms in total. The number of carbonyl (C=O) groups excluding carboxylic acids is 3. The molecule has 0 saturated carbocycles. The molecule has 6 saturated heterocycles. The second-order valence-electron chi connectivity index (χ2n) is 25.9. The van der Waals surface area contributed by atoms with Crippen molar-refractivity contribution in [1.82, 2.24) is 39.3 Å². The molecule has 6 aliphatic heterocycles. The molecular weight excluding hydrogens is 1300 g/mol.